The van der Waals surface area contributed by atoms with Crippen LogP contribution in [0.25, 0.3) is 0 Å². The Morgan fingerprint density at radius 2 is 2.24 bits per heavy atom. The van der Waals surface area contributed by atoms with E-state index in [1.54, 1.807) is 0 Å². The molecule has 5 nitrogen and oxygen atoms in total. The van der Waals surface area contributed by atoms with Gasteiger partial charge in [0.05, 0.1) is 12.6 Å². The number of anilines is 1. The van der Waals surface area contributed by atoms with Crippen LogP contribution in [0.2, 0.25) is 0 Å². The Bertz CT molecular complexity index is 474. The highest BCUT2D eigenvalue weighted by Crippen LogP contribution is 2.30. The van der Waals surface area contributed by atoms with Crippen molar-refractivity contribution in [1.82, 2.24) is 10.6 Å². The standard InChI is InChI=1S/C16H25N3O2/c1-3-14(11-20)18-16(21)17-8-9-19-12(2)10-13-6-4-5-7-15(13)19/h4-7,12,14,20H,3,8-11H2,1-2H3,(H2,17,18,21). The summed E-state index contributed by atoms with van der Waals surface area (Å²) >= 11 is 0. The van der Waals surface area contributed by atoms with Crippen LogP contribution in [0.15, 0.2) is 24.3 Å². The zero-order valence-electron chi connectivity index (χ0n) is 12.8. The Labute approximate surface area is 126 Å². The number of hydrogen-bond donors (Lipinski definition) is 3. The minimum absolute atomic E-state index is 0.0273. The summed E-state index contributed by atoms with van der Waals surface area (Å²) in [5, 5.41) is 14.7. The summed E-state index contributed by atoms with van der Waals surface area (Å²) < 4.78 is 0. The molecular formula is C16H25N3O2. The van der Waals surface area contributed by atoms with Crippen LogP contribution in [0.5, 0.6) is 0 Å². The molecule has 2 amide bonds. The Morgan fingerprint density at radius 3 is 2.95 bits per heavy atom. The van der Waals surface area contributed by atoms with E-state index in [1.165, 1.54) is 11.3 Å². The number of carbonyl (C=O) groups excluding carboxylic acids is 1. The lowest BCUT2D eigenvalue weighted by atomic mass is 10.1. The third kappa shape index (κ3) is 3.88. The molecule has 0 saturated heterocycles. The fourth-order valence-corrected chi connectivity index (χ4v) is 2.77. The molecule has 1 aliphatic rings. The van der Waals surface area contributed by atoms with Crippen molar-refractivity contribution in [3.05, 3.63) is 29.8 Å². The number of nitrogens with one attached hydrogen (secondary N) is 2. The van der Waals surface area contributed by atoms with Crippen molar-refractivity contribution in [1.29, 1.82) is 0 Å². The Balaban J connectivity index is 1.80. The minimum Gasteiger partial charge on any atom is -0.394 e. The summed E-state index contributed by atoms with van der Waals surface area (Å²) in [5.41, 5.74) is 2.65. The fourth-order valence-electron chi connectivity index (χ4n) is 2.77. The molecule has 1 aromatic rings. The van der Waals surface area contributed by atoms with Crippen LogP contribution in [0.1, 0.15) is 25.8 Å². The van der Waals surface area contributed by atoms with Gasteiger partial charge in [-0.25, -0.2) is 4.79 Å². The van der Waals surface area contributed by atoms with Crippen molar-refractivity contribution in [2.75, 3.05) is 24.6 Å². The molecule has 116 valence electrons. The van der Waals surface area contributed by atoms with Gasteiger partial charge in [0.15, 0.2) is 0 Å². The summed E-state index contributed by atoms with van der Waals surface area (Å²) in [5.74, 6) is 0. The molecule has 0 aliphatic carbocycles. The number of fused-ring (bicyclic) bond motifs is 1. The van der Waals surface area contributed by atoms with E-state index >= 15 is 0 Å². The number of benzene rings is 1. The SMILES string of the molecule is CCC(CO)NC(=O)NCCN1c2ccccc2CC1C. The van der Waals surface area contributed by atoms with E-state index in [9.17, 15) is 4.79 Å². The molecule has 5 heteroatoms. The molecule has 0 fully saturated rings. The van der Waals surface area contributed by atoms with Gasteiger partial charge in [-0.3, -0.25) is 0 Å². The van der Waals surface area contributed by atoms with Crippen LogP contribution < -0.4 is 15.5 Å². The lowest BCUT2D eigenvalue weighted by Crippen LogP contribution is -2.46. The van der Waals surface area contributed by atoms with Gasteiger partial charge in [0.2, 0.25) is 0 Å². The topological polar surface area (TPSA) is 64.6 Å². The predicted molar refractivity (Wildman–Crippen MR) is 84.7 cm³/mol. The summed E-state index contributed by atoms with van der Waals surface area (Å²) in [6.45, 7) is 5.50. The third-order valence-electron chi connectivity index (χ3n) is 4.04. The van der Waals surface area contributed by atoms with E-state index in [4.69, 9.17) is 5.11 Å². The molecule has 0 bridgehead atoms. The van der Waals surface area contributed by atoms with Crippen LogP contribution in [0, 0.1) is 0 Å². The molecule has 0 aromatic heterocycles. The Kier molecular flexibility index (Phi) is 5.44. The molecular weight excluding hydrogens is 266 g/mol. The Hall–Kier alpha value is -1.75. The first kappa shape index (κ1) is 15.6. The zero-order valence-corrected chi connectivity index (χ0v) is 12.8. The van der Waals surface area contributed by atoms with Crippen molar-refractivity contribution in [3.8, 4) is 0 Å². The molecule has 0 saturated carbocycles. The van der Waals surface area contributed by atoms with Gasteiger partial charge >= 0.3 is 6.03 Å². The highest BCUT2D eigenvalue weighted by molar-refractivity contribution is 5.74. The monoisotopic (exact) mass is 291 g/mol. The number of aliphatic hydroxyl groups excluding tert-OH is 1. The van der Waals surface area contributed by atoms with Gasteiger partial charge in [-0.05, 0) is 31.4 Å². The van der Waals surface area contributed by atoms with E-state index in [0.717, 1.165) is 19.4 Å². The molecule has 1 aromatic carbocycles. The van der Waals surface area contributed by atoms with Gasteiger partial charge in [-0.15, -0.1) is 0 Å². The van der Waals surface area contributed by atoms with Gasteiger partial charge in [0, 0.05) is 24.8 Å². The van der Waals surface area contributed by atoms with Gasteiger partial charge in [0.25, 0.3) is 0 Å². The van der Waals surface area contributed by atoms with Gasteiger partial charge in [0.1, 0.15) is 0 Å². The van der Waals surface area contributed by atoms with Crippen LogP contribution in [-0.4, -0.2) is 42.9 Å². The number of hydrogen-bond acceptors (Lipinski definition) is 3. The lowest BCUT2D eigenvalue weighted by Gasteiger charge is -2.25. The van der Waals surface area contributed by atoms with E-state index in [0.29, 0.717) is 12.6 Å². The van der Waals surface area contributed by atoms with Crippen molar-refractivity contribution >= 4 is 11.7 Å². The van der Waals surface area contributed by atoms with Crippen molar-refractivity contribution in [2.45, 2.75) is 38.8 Å². The quantitative estimate of drug-likeness (QED) is 0.744. The number of urea groups is 1. The van der Waals surface area contributed by atoms with Crippen LogP contribution in [0.4, 0.5) is 10.5 Å². The number of rotatable bonds is 6. The van der Waals surface area contributed by atoms with Gasteiger partial charge in [-0.2, -0.15) is 0 Å². The zero-order chi connectivity index (χ0) is 15.2. The largest absolute Gasteiger partial charge is 0.394 e. The van der Waals surface area contributed by atoms with Crippen LogP contribution >= 0.6 is 0 Å². The maximum atomic E-state index is 11.7. The fraction of sp³-hybridized carbons (Fsp3) is 0.562. The first-order chi connectivity index (χ1) is 10.2. The average molecular weight is 291 g/mol. The van der Waals surface area contributed by atoms with E-state index in [2.05, 4.69) is 46.7 Å². The van der Waals surface area contributed by atoms with E-state index in [1.807, 2.05) is 6.92 Å². The molecule has 0 radical (unpaired) electrons. The molecule has 0 spiro atoms. The van der Waals surface area contributed by atoms with Crippen LogP contribution in [0.3, 0.4) is 0 Å². The molecule has 3 N–H and O–H groups in total. The molecule has 21 heavy (non-hydrogen) atoms. The molecule has 2 rings (SSSR count). The van der Waals surface area contributed by atoms with Crippen LogP contribution in [-0.2, 0) is 6.42 Å². The molecule has 1 aliphatic heterocycles. The maximum absolute atomic E-state index is 11.7. The highest BCUT2D eigenvalue weighted by Gasteiger charge is 2.24. The highest BCUT2D eigenvalue weighted by atomic mass is 16.3. The normalized spacial score (nSPS) is 18.2. The number of aliphatic hydroxyl groups is 1. The maximum Gasteiger partial charge on any atom is 0.315 e. The van der Waals surface area contributed by atoms with Gasteiger partial charge in [-0.1, -0.05) is 25.1 Å². The second-order valence-corrected chi connectivity index (χ2v) is 5.56. The Morgan fingerprint density at radius 1 is 1.48 bits per heavy atom. The number of nitrogens with zero attached hydrogens (tertiary/aromatic N) is 1. The molecule has 2 unspecified atom stereocenters. The van der Waals surface area contributed by atoms with Crippen molar-refractivity contribution in [3.63, 3.8) is 0 Å². The first-order valence-corrected chi connectivity index (χ1v) is 7.65. The number of amides is 2. The summed E-state index contributed by atoms with van der Waals surface area (Å²) in [4.78, 5) is 14.1. The summed E-state index contributed by atoms with van der Waals surface area (Å²) in [6.07, 6.45) is 1.78. The second kappa shape index (κ2) is 7.31. The third-order valence-corrected chi connectivity index (χ3v) is 4.04. The van der Waals surface area contributed by atoms with Gasteiger partial charge < -0.3 is 20.6 Å². The smallest absolute Gasteiger partial charge is 0.315 e. The molecule has 1 heterocycles. The second-order valence-electron chi connectivity index (χ2n) is 5.56. The summed E-state index contributed by atoms with van der Waals surface area (Å²) in [6, 6.07) is 8.51. The lowest BCUT2D eigenvalue weighted by molar-refractivity contribution is 0.214. The average Bonchev–Trinajstić information content (AvgIpc) is 2.81. The summed E-state index contributed by atoms with van der Waals surface area (Å²) in [7, 11) is 0. The minimum atomic E-state index is -0.212. The predicted octanol–water partition coefficient (Wildman–Crippen LogP) is 1.51. The number of carbonyl (C=O) groups is 1. The van der Waals surface area contributed by atoms with E-state index in [-0.39, 0.29) is 18.7 Å². The number of para-hydroxylation sites is 1. The molecule has 2 atom stereocenters. The van der Waals surface area contributed by atoms with Crippen molar-refractivity contribution < 1.29 is 9.90 Å². The van der Waals surface area contributed by atoms with E-state index < -0.39 is 0 Å². The first-order valence-electron chi connectivity index (χ1n) is 7.65. The van der Waals surface area contributed by atoms with Crippen molar-refractivity contribution in [2.24, 2.45) is 0 Å².